The van der Waals surface area contributed by atoms with E-state index < -0.39 is 0 Å². The van der Waals surface area contributed by atoms with Crippen LogP contribution in [0.25, 0.3) is 0 Å². The molecule has 140 valence electrons. The lowest BCUT2D eigenvalue weighted by Crippen LogP contribution is -2.38. The van der Waals surface area contributed by atoms with E-state index in [2.05, 4.69) is 33.3 Å². The molecular formula is C21H25N5O. The van der Waals surface area contributed by atoms with Crippen LogP contribution in [0.4, 0.5) is 0 Å². The van der Waals surface area contributed by atoms with Crippen molar-refractivity contribution < 1.29 is 4.79 Å². The number of nitrogens with one attached hydrogen (secondary N) is 1. The van der Waals surface area contributed by atoms with Gasteiger partial charge in [-0.3, -0.25) is 14.2 Å². The fourth-order valence-corrected chi connectivity index (χ4v) is 3.78. The van der Waals surface area contributed by atoms with E-state index in [1.165, 1.54) is 5.56 Å². The topological polar surface area (TPSA) is 64.7 Å². The highest BCUT2D eigenvalue weighted by molar-refractivity contribution is 5.94. The fraction of sp³-hybridized carbons (Fsp3) is 0.381. The van der Waals surface area contributed by atoms with Gasteiger partial charge in [-0.15, -0.1) is 0 Å². The van der Waals surface area contributed by atoms with Gasteiger partial charge in [-0.1, -0.05) is 12.1 Å². The van der Waals surface area contributed by atoms with Crippen molar-refractivity contribution in [1.82, 2.24) is 24.9 Å². The number of carbonyl (C=O) groups is 1. The van der Waals surface area contributed by atoms with Gasteiger partial charge in [0.1, 0.15) is 0 Å². The van der Waals surface area contributed by atoms with E-state index in [4.69, 9.17) is 0 Å². The van der Waals surface area contributed by atoms with E-state index >= 15 is 0 Å². The lowest BCUT2D eigenvalue weighted by molar-refractivity contribution is 0.0921. The van der Waals surface area contributed by atoms with Gasteiger partial charge in [0.05, 0.1) is 18.8 Å². The van der Waals surface area contributed by atoms with Crippen LogP contribution in [0.2, 0.25) is 0 Å². The van der Waals surface area contributed by atoms with Crippen LogP contribution in [0.3, 0.4) is 0 Å². The predicted molar refractivity (Wildman–Crippen MR) is 103 cm³/mol. The van der Waals surface area contributed by atoms with E-state index in [1.807, 2.05) is 47.4 Å². The van der Waals surface area contributed by atoms with E-state index in [1.54, 1.807) is 6.20 Å². The number of rotatable bonds is 5. The molecule has 0 spiro atoms. The average molecular weight is 363 g/mol. The van der Waals surface area contributed by atoms with Gasteiger partial charge in [0.25, 0.3) is 5.91 Å². The Kier molecular flexibility index (Phi) is 5.05. The Morgan fingerprint density at radius 1 is 1.19 bits per heavy atom. The molecule has 1 aliphatic rings. The predicted octanol–water partition coefficient (Wildman–Crippen LogP) is 3.35. The maximum Gasteiger partial charge on any atom is 0.251 e. The molecule has 3 aromatic rings. The summed E-state index contributed by atoms with van der Waals surface area (Å²) in [5, 5.41) is 11.9. The smallest absolute Gasteiger partial charge is 0.251 e. The van der Waals surface area contributed by atoms with Crippen LogP contribution < -0.4 is 5.32 Å². The Balaban J connectivity index is 1.33. The largest absolute Gasteiger partial charge is 0.349 e. The third kappa shape index (κ3) is 4.27. The normalized spacial score (nSPS) is 19.7. The molecule has 6 heteroatoms. The number of aryl methyl sites for hydroxylation is 1. The first-order valence-corrected chi connectivity index (χ1v) is 9.55. The Morgan fingerprint density at radius 3 is 2.74 bits per heavy atom. The monoisotopic (exact) mass is 363 g/mol. The van der Waals surface area contributed by atoms with Crippen molar-refractivity contribution in [3.05, 3.63) is 71.8 Å². The number of hydrogen-bond donors (Lipinski definition) is 1. The molecule has 1 saturated carbocycles. The van der Waals surface area contributed by atoms with Crippen molar-refractivity contribution in [2.75, 3.05) is 0 Å². The first-order chi connectivity index (χ1) is 13.2. The highest BCUT2D eigenvalue weighted by atomic mass is 16.1. The standard InChI is InChI=1S/C21H25N5O/c1-16-13-23-26(14-16)20-8-6-19(7-9-20)24-21(27)18-5-2-4-17(12-18)15-25-11-3-10-22-25/h2-5,10-14,19-20H,6-9,15H2,1H3,(H,24,27). The molecule has 1 aromatic carbocycles. The Hall–Kier alpha value is -2.89. The molecule has 0 unspecified atom stereocenters. The molecule has 6 nitrogen and oxygen atoms in total. The van der Waals surface area contributed by atoms with Crippen molar-refractivity contribution in [3.63, 3.8) is 0 Å². The summed E-state index contributed by atoms with van der Waals surface area (Å²) >= 11 is 0. The van der Waals surface area contributed by atoms with E-state index in [-0.39, 0.29) is 11.9 Å². The lowest BCUT2D eigenvalue weighted by atomic mass is 9.91. The summed E-state index contributed by atoms with van der Waals surface area (Å²) in [6.07, 6.45) is 11.8. The zero-order valence-electron chi connectivity index (χ0n) is 15.6. The molecule has 0 bridgehead atoms. The SMILES string of the molecule is Cc1cnn(C2CCC(NC(=O)c3cccc(Cn4cccn4)c3)CC2)c1. The van der Waals surface area contributed by atoms with Gasteiger partial charge < -0.3 is 5.32 Å². The first-order valence-electron chi connectivity index (χ1n) is 9.55. The van der Waals surface area contributed by atoms with Crippen molar-refractivity contribution in [2.24, 2.45) is 0 Å². The van der Waals surface area contributed by atoms with Gasteiger partial charge >= 0.3 is 0 Å². The summed E-state index contributed by atoms with van der Waals surface area (Å²) in [5.74, 6) is 0.00991. The number of amides is 1. The summed E-state index contributed by atoms with van der Waals surface area (Å²) in [6, 6.07) is 10.4. The molecule has 2 aromatic heterocycles. The van der Waals surface area contributed by atoms with Crippen LogP contribution in [-0.2, 0) is 6.54 Å². The second-order valence-electron chi connectivity index (χ2n) is 7.38. The molecule has 4 rings (SSSR count). The molecule has 1 N–H and O–H groups in total. The molecular weight excluding hydrogens is 338 g/mol. The van der Waals surface area contributed by atoms with Crippen molar-refractivity contribution in [3.8, 4) is 0 Å². The third-order valence-electron chi connectivity index (χ3n) is 5.23. The minimum Gasteiger partial charge on any atom is -0.349 e. The highest BCUT2D eigenvalue weighted by Gasteiger charge is 2.24. The highest BCUT2D eigenvalue weighted by Crippen LogP contribution is 2.28. The minimum absolute atomic E-state index is 0.00991. The number of aromatic nitrogens is 4. The quantitative estimate of drug-likeness (QED) is 0.756. The van der Waals surface area contributed by atoms with Gasteiger partial charge in [0.15, 0.2) is 0 Å². The first kappa shape index (κ1) is 17.5. The van der Waals surface area contributed by atoms with Crippen LogP contribution in [0.5, 0.6) is 0 Å². The van der Waals surface area contributed by atoms with Crippen molar-refractivity contribution >= 4 is 5.91 Å². The summed E-state index contributed by atoms with van der Waals surface area (Å²) in [5.41, 5.74) is 2.98. The summed E-state index contributed by atoms with van der Waals surface area (Å²) < 4.78 is 3.93. The summed E-state index contributed by atoms with van der Waals surface area (Å²) in [7, 11) is 0. The van der Waals surface area contributed by atoms with Crippen LogP contribution in [-0.4, -0.2) is 31.5 Å². The molecule has 0 aliphatic heterocycles. The molecule has 1 aliphatic carbocycles. The molecule has 27 heavy (non-hydrogen) atoms. The van der Waals surface area contributed by atoms with Crippen LogP contribution in [0, 0.1) is 6.92 Å². The van der Waals surface area contributed by atoms with Gasteiger partial charge in [-0.05, 0) is 61.9 Å². The van der Waals surface area contributed by atoms with Crippen molar-refractivity contribution in [1.29, 1.82) is 0 Å². The van der Waals surface area contributed by atoms with Crippen LogP contribution in [0.15, 0.2) is 55.1 Å². The van der Waals surface area contributed by atoms with Gasteiger partial charge in [0, 0.05) is 30.2 Å². The van der Waals surface area contributed by atoms with Gasteiger partial charge in [-0.25, -0.2) is 0 Å². The molecule has 0 atom stereocenters. The van der Waals surface area contributed by atoms with E-state index in [9.17, 15) is 4.79 Å². The number of nitrogens with zero attached hydrogens (tertiary/aromatic N) is 4. The second kappa shape index (κ2) is 7.78. The Bertz CT molecular complexity index is 891. The summed E-state index contributed by atoms with van der Waals surface area (Å²) in [4.78, 5) is 12.7. The van der Waals surface area contributed by atoms with E-state index in [0.717, 1.165) is 31.2 Å². The minimum atomic E-state index is 0.00991. The average Bonchev–Trinajstić information content (AvgIpc) is 3.34. The maximum atomic E-state index is 12.7. The van der Waals surface area contributed by atoms with E-state index in [0.29, 0.717) is 18.2 Å². The molecule has 1 amide bonds. The van der Waals surface area contributed by atoms with Crippen LogP contribution in [0.1, 0.15) is 53.2 Å². The third-order valence-corrected chi connectivity index (χ3v) is 5.23. The van der Waals surface area contributed by atoms with Crippen molar-refractivity contribution in [2.45, 2.75) is 51.2 Å². The van der Waals surface area contributed by atoms with Gasteiger partial charge in [0.2, 0.25) is 0 Å². The number of benzene rings is 1. The van der Waals surface area contributed by atoms with Gasteiger partial charge in [-0.2, -0.15) is 10.2 Å². The zero-order valence-corrected chi connectivity index (χ0v) is 15.6. The summed E-state index contributed by atoms with van der Waals surface area (Å²) in [6.45, 7) is 2.73. The number of hydrogen-bond acceptors (Lipinski definition) is 3. The second-order valence-corrected chi connectivity index (χ2v) is 7.38. The zero-order chi connectivity index (χ0) is 18.6. The maximum absolute atomic E-state index is 12.7. The molecule has 2 heterocycles. The number of carbonyl (C=O) groups excluding carboxylic acids is 1. The fourth-order valence-electron chi connectivity index (χ4n) is 3.78. The van der Waals surface area contributed by atoms with Crippen LogP contribution >= 0.6 is 0 Å². The molecule has 0 radical (unpaired) electrons. The Morgan fingerprint density at radius 2 is 2.04 bits per heavy atom. The molecule has 1 fully saturated rings. The lowest BCUT2D eigenvalue weighted by Gasteiger charge is -2.29. The molecule has 0 saturated heterocycles. The Labute approximate surface area is 159 Å².